The van der Waals surface area contributed by atoms with Gasteiger partial charge in [0.1, 0.15) is 0 Å². The Morgan fingerprint density at radius 3 is 1.33 bits per heavy atom. The lowest BCUT2D eigenvalue weighted by Gasteiger charge is -2.25. The highest BCUT2D eigenvalue weighted by molar-refractivity contribution is 7.87. The smallest absolute Gasteiger partial charge is 0.281 e. The van der Waals surface area contributed by atoms with Crippen LogP contribution in [-0.2, 0) is 14.9 Å². The van der Waals surface area contributed by atoms with E-state index < -0.39 is 27.8 Å². The van der Waals surface area contributed by atoms with Crippen LogP contribution in [0.2, 0.25) is 0 Å². The zero-order valence-electron chi connectivity index (χ0n) is 6.23. The van der Waals surface area contributed by atoms with Gasteiger partial charge in [0.05, 0.1) is 0 Å². The Hall–Kier alpha value is -0.620. The molecule has 1 unspecified atom stereocenters. The lowest BCUT2D eigenvalue weighted by atomic mass is 10.6. The van der Waals surface area contributed by atoms with Crippen LogP contribution in [0.5, 0.6) is 0 Å². The van der Waals surface area contributed by atoms with E-state index in [1.165, 1.54) is 0 Å². The molecule has 15 heavy (non-hydrogen) atoms. The van der Waals surface area contributed by atoms with Gasteiger partial charge in [-0.25, -0.2) is 4.74 Å². The van der Waals surface area contributed by atoms with Crippen LogP contribution in [0.1, 0.15) is 0 Å². The molecule has 1 N–H and O–H groups in total. The quantitative estimate of drug-likeness (QED) is 0.609. The van der Waals surface area contributed by atoms with Crippen LogP contribution in [0.25, 0.3) is 0 Å². The molecule has 12 heteroatoms. The topological polar surface area (TPSA) is 63.6 Å². The minimum absolute atomic E-state index is 1.72. The summed E-state index contributed by atoms with van der Waals surface area (Å²) in [5, 5.41) is -6.24. The number of ether oxygens (including phenoxy) is 1. The monoisotopic (exact) mass is 266 g/mol. The molecule has 0 radical (unpaired) electrons. The average molecular weight is 266 g/mol. The lowest BCUT2D eigenvalue weighted by Crippen LogP contribution is -2.52. The molecular formula is C3HF7O4S. The van der Waals surface area contributed by atoms with E-state index in [1.54, 1.807) is 4.74 Å². The highest BCUT2D eigenvalue weighted by Crippen LogP contribution is 2.42. The summed E-state index contributed by atoms with van der Waals surface area (Å²) in [6.45, 7) is 0. The first-order valence-electron chi connectivity index (χ1n) is 2.70. The molecule has 0 spiro atoms. The molecule has 0 aliphatic heterocycles. The molecule has 92 valence electrons. The van der Waals surface area contributed by atoms with Gasteiger partial charge in [0.25, 0.3) is 0 Å². The SMILES string of the molecule is O=S(=O)(O)C(F)(OC(F)(F)F)C(F)(F)F. The maximum Gasteiger partial charge on any atom is 0.526 e. The largest absolute Gasteiger partial charge is 0.526 e. The molecule has 0 fully saturated rings. The summed E-state index contributed by atoms with van der Waals surface area (Å²) in [6.07, 6.45) is -12.8. The zero-order valence-corrected chi connectivity index (χ0v) is 7.04. The number of alkyl halides is 7. The summed E-state index contributed by atoms with van der Waals surface area (Å²) in [5.41, 5.74) is 0. The van der Waals surface area contributed by atoms with Crippen LogP contribution < -0.4 is 0 Å². The Labute approximate surface area is 77.4 Å². The van der Waals surface area contributed by atoms with Crippen molar-refractivity contribution in [3.05, 3.63) is 0 Å². The van der Waals surface area contributed by atoms with Crippen molar-refractivity contribution in [2.24, 2.45) is 0 Å². The van der Waals surface area contributed by atoms with E-state index in [0.29, 0.717) is 0 Å². The third-order valence-corrected chi connectivity index (χ3v) is 1.90. The molecule has 0 aliphatic rings. The summed E-state index contributed by atoms with van der Waals surface area (Å²) < 4.78 is 110. The fourth-order valence-electron chi connectivity index (χ4n) is 0.406. The van der Waals surface area contributed by atoms with Gasteiger partial charge in [-0.2, -0.15) is 26.0 Å². The second-order valence-corrected chi connectivity index (χ2v) is 3.53. The van der Waals surface area contributed by atoms with Crippen LogP contribution >= 0.6 is 0 Å². The third-order valence-electron chi connectivity index (χ3n) is 0.917. The molecule has 0 saturated carbocycles. The predicted molar refractivity (Wildman–Crippen MR) is 28.6 cm³/mol. The van der Waals surface area contributed by atoms with Gasteiger partial charge < -0.3 is 0 Å². The van der Waals surface area contributed by atoms with Crippen molar-refractivity contribution in [1.82, 2.24) is 0 Å². The second-order valence-electron chi connectivity index (χ2n) is 2.06. The summed E-state index contributed by atoms with van der Waals surface area (Å²) in [4.78, 5) is 0. The van der Waals surface area contributed by atoms with Gasteiger partial charge in [0.2, 0.25) is 0 Å². The van der Waals surface area contributed by atoms with Gasteiger partial charge in [-0.05, 0) is 0 Å². The first-order chi connectivity index (χ1) is 6.21. The molecule has 1 atom stereocenters. The van der Waals surface area contributed by atoms with Crippen molar-refractivity contribution in [2.75, 3.05) is 0 Å². The van der Waals surface area contributed by atoms with E-state index in [1.807, 2.05) is 0 Å². The number of hydrogen-bond donors (Lipinski definition) is 1. The van der Waals surface area contributed by atoms with Crippen LogP contribution in [0.4, 0.5) is 30.7 Å². The Morgan fingerprint density at radius 2 is 1.27 bits per heavy atom. The summed E-state index contributed by atoms with van der Waals surface area (Å²) in [5.74, 6) is 0. The van der Waals surface area contributed by atoms with Crippen molar-refractivity contribution < 1.29 is 48.4 Å². The standard InChI is InChI=1S/C3HF7O4S/c4-1(5,6)2(7,15(11,12)13)14-3(8,9)10/h(H,11,12,13). The van der Waals surface area contributed by atoms with E-state index in [2.05, 4.69) is 0 Å². The van der Waals surface area contributed by atoms with Crippen molar-refractivity contribution in [3.63, 3.8) is 0 Å². The minimum atomic E-state index is -6.79. The van der Waals surface area contributed by atoms with Gasteiger partial charge in [0.15, 0.2) is 0 Å². The van der Waals surface area contributed by atoms with E-state index in [-0.39, 0.29) is 0 Å². The van der Waals surface area contributed by atoms with Gasteiger partial charge in [0, 0.05) is 0 Å². The molecule has 0 amide bonds. The fourth-order valence-corrected chi connectivity index (χ4v) is 0.898. The summed E-state index contributed by atoms with van der Waals surface area (Å²) >= 11 is 0. The van der Waals surface area contributed by atoms with Gasteiger partial charge in [-0.15, -0.1) is 13.2 Å². The highest BCUT2D eigenvalue weighted by atomic mass is 32.2. The van der Waals surface area contributed by atoms with Gasteiger partial charge in [-0.1, -0.05) is 0 Å². The Kier molecular flexibility index (Phi) is 3.31. The van der Waals surface area contributed by atoms with E-state index >= 15 is 0 Å². The average Bonchev–Trinajstić information content (AvgIpc) is 1.77. The summed E-state index contributed by atoms with van der Waals surface area (Å²) in [6, 6.07) is 0. The fraction of sp³-hybridized carbons (Fsp3) is 1.00. The Balaban J connectivity index is 5.46. The normalized spacial score (nSPS) is 18.7. The Bertz CT molecular complexity index is 327. The molecule has 0 rings (SSSR count). The molecule has 0 aromatic rings. The van der Waals surface area contributed by atoms with Crippen molar-refractivity contribution in [3.8, 4) is 0 Å². The molecule has 0 heterocycles. The minimum Gasteiger partial charge on any atom is -0.281 e. The van der Waals surface area contributed by atoms with E-state index in [9.17, 15) is 39.2 Å². The number of hydrogen-bond acceptors (Lipinski definition) is 3. The van der Waals surface area contributed by atoms with Crippen LogP contribution in [0.3, 0.4) is 0 Å². The zero-order chi connectivity index (χ0) is 12.7. The maximum absolute atomic E-state index is 12.4. The van der Waals surface area contributed by atoms with Crippen LogP contribution in [-0.4, -0.2) is 30.7 Å². The van der Waals surface area contributed by atoms with Gasteiger partial charge >= 0.3 is 27.8 Å². The second kappa shape index (κ2) is 3.45. The number of halogens is 7. The van der Waals surface area contributed by atoms with Gasteiger partial charge in [-0.3, -0.25) is 4.55 Å². The maximum atomic E-state index is 12.4. The number of rotatable bonds is 2. The molecule has 0 aliphatic carbocycles. The van der Waals surface area contributed by atoms with Crippen molar-refractivity contribution in [2.45, 2.75) is 17.7 Å². The van der Waals surface area contributed by atoms with E-state index in [4.69, 9.17) is 4.55 Å². The predicted octanol–water partition coefficient (Wildman–Crippen LogP) is 1.60. The Morgan fingerprint density at radius 1 is 0.933 bits per heavy atom. The van der Waals surface area contributed by atoms with Crippen molar-refractivity contribution >= 4 is 10.1 Å². The highest BCUT2D eigenvalue weighted by Gasteiger charge is 2.71. The molecule has 0 aromatic carbocycles. The van der Waals surface area contributed by atoms with Crippen molar-refractivity contribution in [1.29, 1.82) is 0 Å². The third kappa shape index (κ3) is 3.17. The molecule has 0 aromatic heterocycles. The van der Waals surface area contributed by atoms with Crippen LogP contribution in [0, 0.1) is 0 Å². The lowest BCUT2D eigenvalue weighted by molar-refractivity contribution is -0.420. The van der Waals surface area contributed by atoms with Crippen LogP contribution in [0.15, 0.2) is 0 Å². The molecule has 4 nitrogen and oxygen atoms in total. The first-order valence-corrected chi connectivity index (χ1v) is 4.14. The van der Waals surface area contributed by atoms with E-state index in [0.717, 1.165) is 0 Å². The molecule has 0 bridgehead atoms. The summed E-state index contributed by atoms with van der Waals surface area (Å²) in [7, 11) is -6.79. The first kappa shape index (κ1) is 14.4. The molecular weight excluding hydrogens is 265 g/mol. The molecule has 0 saturated heterocycles.